The molecule has 0 bridgehead atoms. The van der Waals surface area contributed by atoms with Gasteiger partial charge in [-0.1, -0.05) is 12.1 Å². The Morgan fingerprint density at radius 3 is 2.62 bits per heavy atom. The van der Waals surface area contributed by atoms with Crippen LogP contribution in [0.3, 0.4) is 0 Å². The summed E-state index contributed by atoms with van der Waals surface area (Å²) >= 11 is 0. The van der Waals surface area contributed by atoms with Gasteiger partial charge in [-0.2, -0.15) is 0 Å². The summed E-state index contributed by atoms with van der Waals surface area (Å²) in [6, 6.07) is 12.8. The molecule has 0 spiro atoms. The molecule has 1 fully saturated rings. The summed E-state index contributed by atoms with van der Waals surface area (Å²) in [5, 5.41) is 0.917. The van der Waals surface area contributed by atoms with E-state index in [1.54, 1.807) is 25.3 Å². The molecule has 0 unspecified atom stereocenters. The Morgan fingerprint density at radius 1 is 1.03 bits per heavy atom. The molecule has 5 rings (SSSR count). The molecule has 2 aromatic carbocycles. The van der Waals surface area contributed by atoms with Crippen molar-refractivity contribution in [3.63, 3.8) is 0 Å². The molecule has 0 radical (unpaired) electrons. The highest BCUT2D eigenvalue weighted by molar-refractivity contribution is 5.96. The first-order valence-electron chi connectivity index (χ1n) is 11.3. The van der Waals surface area contributed by atoms with Crippen molar-refractivity contribution in [2.24, 2.45) is 0 Å². The van der Waals surface area contributed by atoms with Gasteiger partial charge in [0.2, 0.25) is 0 Å². The summed E-state index contributed by atoms with van der Waals surface area (Å²) in [4.78, 5) is 23.9. The smallest absolute Gasteiger partial charge is 0.254 e. The van der Waals surface area contributed by atoms with Crippen LogP contribution >= 0.6 is 0 Å². The molecule has 0 aliphatic carbocycles. The number of fused-ring (bicyclic) bond motifs is 1. The Labute approximate surface area is 197 Å². The molecule has 0 saturated carbocycles. The van der Waals surface area contributed by atoms with Crippen LogP contribution in [0.15, 0.2) is 54.9 Å². The molecule has 4 aromatic rings. The predicted octanol–water partition coefficient (Wildman–Crippen LogP) is 4.82. The minimum atomic E-state index is -0.222. The number of aromatic nitrogens is 3. The van der Waals surface area contributed by atoms with Gasteiger partial charge in [0.05, 0.1) is 13.2 Å². The van der Waals surface area contributed by atoms with Crippen LogP contribution in [-0.2, 0) is 4.74 Å². The summed E-state index contributed by atoms with van der Waals surface area (Å²) in [7, 11) is 0. The lowest BCUT2D eigenvalue weighted by Gasteiger charge is -2.27. The van der Waals surface area contributed by atoms with Crippen molar-refractivity contribution < 1.29 is 13.9 Å². The fraction of sp³-hybridized carbons (Fsp3) is 0.222. The molecular formula is C27H25FN4O2. The molecule has 1 aliphatic rings. The monoisotopic (exact) mass is 456 g/mol. The van der Waals surface area contributed by atoms with Crippen LogP contribution in [-0.4, -0.2) is 51.6 Å². The van der Waals surface area contributed by atoms with E-state index in [4.69, 9.17) is 9.72 Å². The van der Waals surface area contributed by atoms with Gasteiger partial charge in [0.15, 0.2) is 5.82 Å². The van der Waals surface area contributed by atoms with Gasteiger partial charge in [-0.05, 0) is 73.0 Å². The molecule has 172 valence electrons. The van der Waals surface area contributed by atoms with Gasteiger partial charge in [0.25, 0.3) is 5.91 Å². The first-order chi connectivity index (χ1) is 16.5. The topological polar surface area (TPSA) is 60.2 Å². The number of rotatable bonds is 4. The van der Waals surface area contributed by atoms with Crippen LogP contribution in [0.25, 0.3) is 28.9 Å². The van der Waals surface area contributed by atoms with Gasteiger partial charge >= 0.3 is 0 Å². The zero-order valence-corrected chi connectivity index (χ0v) is 19.2. The second-order valence-electron chi connectivity index (χ2n) is 8.44. The molecule has 34 heavy (non-hydrogen) atoms. The molecule has 7 heteroatoms. The van der Waals surface area contributed by atoms with Crippen molar-refractivity contribution in [2.75, 3.05) is 26.3 Å². The predicted molar refractivity (Wildman–Crippen MR) is 130 cm³/mol. The van der Waals surface area contributed by atoms with E-state index in [-0.39, 0.29) is 11.7 Å². The van der Waals surface area contributed by atoms with Crippen molar-refractivity contribution >= 4 is 29.1 Å². The Kier molecular flexibility index (Phi) is 5.94. The van der Waals surface area contributed by atoms with Crippen molar-refractivity contribution in [3.8, 4) is 5.69 Å². The van der Waals surface area contributed by atoms with E-state index in [2.05, 4.69) is 4.98 Å². The highest BCUT2D eigenvalue weighted by Crippen LogP contribution is 2.22. The van der Waals surface area contributed by atoms with Gasteiger partial charge < -0.3 is 14.2 Å². The number of aryl methyl sites for hydroxylation is 2. The third kappa shape index (κ3) is 4.34. The third-order valence-corrected chi connectivity index (χ3v) is 6.07. The lowest BCUT2D eigenvalue weighted by molar-refractivity contribution is 0.0302. The number of benzene rings is 2. The maximum absolute atomic E-state index is 13.5. The van der Waals surface area contributed by atoms with Gasteiger partial charge in [0, 0.05) is 42.1 Å². The standard InChI is InChI=1S/C27H25FN4O2/c1-18-16-22(5-6-23(18)27(33)31-11-13-34-14-12-31)32-10-9-21-17-29-25(30-26(21)32)8-4-20-3-7-24(28)19(2)15-20/h3-10,15-17H,11-14H2,1-2H3/b8-4-. The quantitative estimate of drug-likeness (QED) is 0.442. The second kappa shape index (κ2) is 9.19. The van der Waals surface area contributed by atoms with Crippen molar-refractivity contribution in [1.82, 2.24) is 19.4 Å². The molecule has 0 atom stereocenters. The van der Waals surface area contributed by atoms with E-state index in [1.807, 2.05) is 59.0 Å². The highest BCUT2D eigenvalue weighted by Gasteiger charge is 2.20. The summed E-state index contributed by atoms with van der Waals surface area (Å²) < 4.78 is 20.9. The van der Waals surface area contributed by atoms with Crippen LogP contribution in [0.5, 0.6) is 0 Å². The van der Waals surface area contributed by atoms with Crippen molar-refractivity contribution in [3.05, 3.63) is 88.8 Å². The van der Waals surface area contributed by atoms with Crippen molar-refractivity contribution in [1.29, 1.82) is 0 Å². The number of nitrogens with zero attached hydrogens (tertiary/aromatic N) is 4. The van der Waals surface area contributed by atoms with Crippen LogP contribution in [0, 0.1) is 19.7 Å². The number of amides is 1. The van der Waals surface area contributed by atoms with Crippen LogP contribution in [0.4, 0.5) is 4.39 Å². The highest BCUT2D eigenvalue weighted by atomic mass is 19.1. The van der Waals surface area contributed by atoms with Crippen molar-refractivity contribution in [2.45, 2.75) is 13.8 Å². The summed E-state index contributed by atoms with van der Waals surface area (Å²) in [5.41, 5.74) is 4.80. The normalized spacial score (nSPS) is 14.3. The fourth-order valence-corrected chi connectivity index (χ4v) is 4.14. The zero-order chi connectivity index (χ0) is 23.7. The molecule has 1 aliphatic heterocycles. The van der Waals surface area contributed by atoms with E-state index in [1.165, 1.54) is 6.07 Å². The Balaban J connectivity index is 1.43. The fourth-order valence-electron chi connectivity index (χ4n) is 4.14. The average Bonchev–Trinajstić information content (AvgIpc) is 3.28. The maximum Gasteiger partial charge on any atom is 0.254 e. The lowest BCUT2D eigenvalue weighted by Crippen LogP contribution is -2.40. The number of morpholine rings is 1. The van der Waals surface area contributed by atoms with E-state index in [9.17, 15) is 9.18 Å². The Bertz CT molecular complexity index is 1400. The van der Waals surface area contributed by atoms with Crippen LogP contribution in [0.1, 0.15) is 32.9 Å². The first kappa shape index (κ1) is 22.0. The minimum absolute atomic E-state index is 0.0375. The van der Waals surface area contributed by atoms with E-state index in [0.29, 0.717) is 43.3 Å². The molecule has 0 N–H and O–H groups in total. The number of hydrogen-bond acceptors (Lipinski definition) is 4. The van der Waals surface area contributed by atoms with E-state index >= 15 is 0 Å². The molecule has 6 nitrogen and oxygen atoms in total. The SMILES string of the molecule is Cc1cc(/C=C\c2ncc3ccn(-c4ccc(C(=O)N5CCOCC5)c(C)c4)c3n2)ccc1F. The van der Waals surface area contributed by atoms with Gasteiger partial charge in [-0.25, -0.2) is 14.4 Å². The van der Waals surface area contributed by atoms with Crippen LogP contribution in [0.2, 0.25) is 0 Å². The molecule has 3 heterocycles. The maximum atomic E-state index is 13.5. The van der Waals surface area contributed by atoms with Gasteiger partial charge in [-0.15, -0.1) is 0 Å². The lowest BCUT2D eigenvalue weighted by atomic mass is 10.1. The second-order valence-corrected chi connectivity index (χ2v) is 8.44. The van der Waals surface area contributed by atoms with Gasteiger partial charge in [0.1, 0.15) is 11.5 Å². The Morgan fingerprint density at radius 2 is 1.85 bits per heavy atom. The zero-order valence-electron chi connectivity index (χ0n) is 19.2. The first-order valence-corrected chi connectivity index (χ1v) is 11.3. The number of halogens is 1. The van der Waals surface area contributed by atoms with Crippen LogP contribution < -0.4 is 0 Å². The average molecular weight is 457 g/mol. The summed E-state index contributed by atoms with van der Waals surface area (Å²) in [6.07, 6.45) is 7.43. The molecule has 1 saturated heterocycles. The molecule has 2 aromatic heterocycles. The number of carbonyl (C=O) groups is 1. The number of hydrogen-bond donors (Lipinski definition) is 0. The summed E-state index contributed by atoms with van der Waals surface area (Å²) in [6.45, 7) is 6.09. The third-order valence-electron chi connectivity index (χ3n) is 6.07. The largest absolute Gasteiger partial charge is 0.378 e. The number of carbonyl (C=O) groups excluding carboxylic acids is 1. The van der Waals surface area contributed by atoms with E-state index < -0.39 is 0 Å². The summed E-state index contributed by atoms with van der Waals surface area (Å²) in [5.74, 6) is 0.376. The molecule has 1 amide bonds. The minimum Gasteiger partial charge on any atom is -0.378 e. The number of ether oxygens (including phenoxy) is 1. The van der Waals surface area contributed by atoms with Gasteiger partial charge in [-0.3, -0.25) is 4.79 Å². The Hall–Kier alpha value is -3.84. The van der Waals surface area contributed by atoms with E-state index in [0.717, 1.165) is 27.8 Å². The molecular weight excluding hydrogens is 431 g/mol.